The topological polar surface area (TPSA) is 56.7 Å². The van der Waals surface area contributed by atoms with Gasteiger partial charge in [0.1, 0.15) is 0 Å². The van der Waals surface area contributed by atoms with E-state index in [0.29, 0.717) is 5.75 Å². The summed E-state index contributed by atoms with van der Waals surface area (Å²) in [5, 5.41) is 3.40. The van der Waals surface area contributed by atoms with Gasteiger partial charge in [0.2, 0.25) is 5.91 Å². The van der Waals surface area contributed by atoms with Crippen molar-refractivity contribution in [2.45, 2.75) is 44.1 Å². The fourth-order valence-corrected chi connectivity index (χ4v) is 5.47. The van der Waals surface area contributed by atoms with Gasteiger partial charge in [-0.3, -0.25) is 4.79 Å². The zero-order valence-electron chi connectivity index (χ0n) is 11.1. The van der Waals surface area contributed by atoms with Crippen molar-refractivity contribution in [2.24, 2.45) is 17.8 Å². The van der Waals surface area contributed by atoms with Crippen molar-refractivity contribution in [1.29, 1.82) is 0 Å². The lowest BCUT2D eigenvalue weighted by Crippen LogP contribution is -2.60. The van der Waals surface area contributed by atoms with Crippen LogP contribution in [0.1, 0.15) is 38.5 Å². The molecular weight excluding hydrogens is 244 g/mol. The van der Waals surface area contributed by atoms with E-state index in [2.05, 4.69) is 11.1 Å². The van der Waals surface area contributed by atoms with E-state index in [1.54, 1.807) is 11.8 Å². The van der Waals surface area contributed by atoms with E-state index in [1.165, 1.54) is 38.5 Å². The van der Waals surface area contributed by atoms with Crippen LogP contribution in [-0.2, 0) is 4.79 Å². The molecule has 4 heteroatoms. The Morgan fingerprint density at radius 1 is 1.17 bits per heavy atom. The molecule has 18 heavy (non-hydrogen) atoms. The fourth-order valence-electron chi connectivity index (χ4n) is 4.86. The average Bonchev–Trinajstić information content (AvgIpc) is 2.26. The molecule has 0 atom stereocenters. The van der Waals surface area contributed by atoms with E-state index in [1.807, 2.05) is 0 Å². The van der Waals surface area contributed by atoms with Crippen molar-refractivity contribution in [3.8, 4) is 0 Å². The lowest BCUT2D eigenvalue weighted by atomic mass is 9.53. The van der Waals surface area contributed by atoms with Crippen LogP contribution in [0.5, 0.6) is 0 Å². The minimum atomic E-state index is 0.191. The lowest BCUT2D eigenvalue weighted by molar-refractivity contribution is -0.360. The van der Waals surface area contributed by atoms with Gasteiger partial charge in [-0.15, -0.1) is 11.8 Å². The third kappa shape index (κ3) is 2.55. The second kappa shape index (κ2) is 5.04. The first kappa shape index (κ1) is 12.8. The molecule has 4 aliphatic rings. The summed E-state index contributed by atoms with van der Waals surface area (Å²) in [6.07, 6.45) is 8.07. The molecule has 102 valence electrons. The van der Waals surface area contributed by atoms with Gasteiger partial charge in [-0.05, 0) is 56.3 Å². The fraction of sp³-hybridized carbons (Fsp3) is 0.929. The normalized spacial score (nSPS) is 41.1. The number of hydrogen-bond acceptors (Lipinski definition) is 2. The van der Waals surface area contributed by atoms with E-state index in [-0.39, 0.29) is 11.4 Å². The molecule has 4 saturated carbocycles. The molecule has 0 aliphatic heterocycles. The van der Waals surface area contributed by atoms with Crippen LogP contribution in [0.15, 0.2) is 0 Å². The van der Waals surface area contributed by atoms with Gasteiger partial charge in [-0.2, -0.15) is 0 Å². The first-order valence-electron chi connectivity index (χ1n) is 7.37. The largest absolute Gasteiger partial charge is 0.357 e. The number of quaternary nitrogens is 1. The minimum absolute atomic E-state index is 0.191. The Bertz CT molecular complexity index is 296. The Morgan fingerprint density at radius 3 is 2.22 bits per heavy atom. The van der Waals surface area contributed by atoms with Crippen LogP contribution in [0.3, 0.4) is 0 Å². The second-order valence-corrected chi connectivity index (χ2v) is 7.76. The maximum Gasteiger partial charge on any atom is 0.230 e. The quantitative estimate of drug-likeness (QED) is 0.733. The van der Waals surface area contributed by atoms with E-state index in [9.17, 15) is 4.79 Å². The highest BCUT2D eigenvalue weighted by Crippen LogP contribution is 2.55. The number of carbonyl (C=O) groups excluding carboxylic acids is 1. The number of amides is 1. The highest BCUT2D eigenvalue weighted by atomic mass is 32.2. The third-order valence-corrected chi connectivity index (χ3v) is 6.01. The van der Waals surface area contributed by atoms with Gasteiger partial charge in [0.25, 0.3) is 0 Å². The van der Waals surface area contributed by atoms with Gasteiger partial charge in [0.15, 0.2) is 0 Å². The molecule has 1 amide bonds. The molecule has 0 aromatic carbocycles. The number of nitrogens with one attached hydrogen (secondary N) is 1. The van der Waals surface area contributed by atoms with Crippen LogP contribution in [0.4, 0.5) is 0 Å². The van der Waals surface area contributed by atoms with Crippen molar-refractivity contribution in [3.63, 3.8) is 0 Å². The van der Waals surface area contributed by atoms with E-state index >= 15 is 0 Å². The molecule has 4 bridgehead atoms. The third-order valence-electron chi connectivity index (χ3n) is 4.96. The van der Waals surface area contributed by atoms with Crippen LogP contribution in [0.2, 0.25) is 0 Å². The molecule has 0 heterocycles. The Kier molecular flexibility index (Phi) is 3.59. The predicted molar refractivity (Wildman–Crippen MR) is 74.1 cm³/mol. The number of rotatable bonds is 5. The summed E-state index contributed by atoms with van der Waals surface area (Å²) in [6.45, 7) is 0.912. The Balaban J connectivity index is 1.57. The standard InChI is InChI=1S/C14H24N2OS/c15-1-2-18-9-13(17)16-14-6-10-3-11(7-14)5-12(4-10)8-14/h10-12H,1-9,15H2,(H,16,17)/p+1. The summed E-state index contributed by atoms with van der Waals surface area (Å²) < 4.78 is 0. The monoisotopic (exact) mass is 269 g/mol. The highest BCUT2D eigenvalue weighted by Gasteiger charge is 2.51. The van der Waals surface area contributed by atoms with Crippen LogP contribution in [-0.4, -0.2) is 29.5 Å². The molecule has 0 radical (unpaired) electrons. The van der Waals surface area contributed by atoms with Crippen molar-refractivity contribution in [1.82, 2.24) is 5.32 Å². The molecule has 0 spiro atoms. The van der Waals surface area contributed by atoms with Crippen LogP contribution < -0.4 is 11.1 Å². The Morgan fingerprint density at radius 2 is 1.72 bits per heavy atom. The van der Waals surface area contributed by atoms with Crippen LogP contribution in [0.25, 0.3) is 0 Å². The molecule has 0 aromatic rings. The number of carbonyl (C=O) groups is 1. The maximum absolute atomic E-state index is 12.1. The van der Waals surface area contributed by atoms with Crippen molar-refractivity contribution < 1.29 is 10.5 Å². The second-order valence-electron chi connectivity index (χ2n) is 6.65. The van der Waals surface area contributed by atoms with Crippen molar-refractivity contribution in [3.05, 3.63) is 0 Å². The maximum atomic E-state index is 12.1. The van der Waals surface area contributed by atoms with Crippen LogP contribution >= 0.6 is 11.8 Å². The first-order chi connectivity index (χ1) is 8.69. The highest BCUT2D eigenvalue weighted by molar-refractivity contribution is 7.99. The zero-order valence-corrected chi connectivity index (χ0v) is 11.9. The summed E-state index contributed by atoms with van der Waals surface area (Å²) in [6, 6.07) is 0. The van der Waals surface area contributed by atoms with Crippen LogP contribution in [0, 0.1) is 17.8 Å². The smallest absolute Gasteiger partial charge is 0.230 e. The summed E-state index contributed by atoms with van der Waals surface area (Å²) in [4.78, 5) is 12.1. The zero-order chi connectivity index (χ0) is 12.6. The molecule has 3 nitrogen and oxygen atoms in total. The van der Waals surface area contributed by atoms with Gasteiger partial charge in [0.05, 0.1) is 12.3 Å². The van der Waals surface area contributed by atoms with Gasteiger partial charge < -0.3 is 11.1 Å². The summed E-state index contributed by atoms with van der Waals surface area (Å²) in [5.74, 6) is 4.60. The molecule has 4 fully saturated rings. The number of thioether (sulfide) groups is 1. The average molecular weight is 269 g/mol. The summed E-state index contributed by atoms with van der Waals surface area (Å²) in [5.41, 5.74) is 4.00. The molecule has 0 unspecified atom stereocenters. The Labute approximate surface area is 114 Å². The van der Waals surface area contributed by atoms with Crippen molar-refractivity contribution in [2.75, 3.05) is 18.1 Å². The van der Waals surface area contributed by atoms with Gasteiger partial charge >= 0.3 is 0 Å². The summed E-state index contributed by atoms with van der Waals surface area (Å²) >= 11 is 1.72. The molecule has 4 rings (SSSR count). The van der Waals surface area contributed by atoms with Gasteiger partial charge in [-0.25, -0.2) is 0 Å². The Hall–Kier alpha value is -0.220. The minimum Gasteiger partial charge on any atom is -0.357 e. The predicted octanol–water partition coefficient (Wildman–Crippen LogP) is 1.05. The van der Waals surface area contributed by atoms with E-state index in [4.69, 9.17) is 0 Å². The van der Waals surface area contributed by atoms with E-state index in [0.717, 1.165) is 30.1 Å². The molecule has 0 saturated heterocycles. The van der Waals surface area contributed by atoms with Gasteiger partial charge in [0, 0.05) is 11.3 Å². The summed E-state index contributed by atoms with van der Waals surface area (Å²) in [7, 11) is 0. The molecule has 4 N–H and O–H groups in total. The molecule has 4 aliphatic carbocycles. The molecular formula is C14H25N2OS+. The first-order valence-corrected chi connectivity index (χ1v) is 8.52. The molecule has 0 aromatic heterocycles. The lowest BCUT2D eigenvalue weighted by Gasteiger charge is -2.56. The van der Waals surface area contributed by atoms with E-state index < -0.39 is 0 Å². The number of hydrogen-bond donors (Lipinski definition) is 2. The SMILES string of the molecule is [NH3+]CCSCC(=O)NC12CC3CC(CC(C3)C1)C2. The van der Waals surface area contributed by atoms with Gasteiger partial charge in [-0.1, -0.05) is 0 Å². The van der Waals surface area contributed by atoms with Crippen molar-refractivity contribution >= 4 is 17.7 Å².